The Morgan fingerprint density at radius 1 is 1.38 bits per heavy atom. The molecule has 1 atom stereocenters. The van der Waals surface area contributed by atoms with Gasteiger partial charge in [0.1, 0.15) is 5.82 Å². The number of aromatic nitrogens is 1. The minimum absolute atomic E-state index is 0. The lowest BCUT2D eigenvalue weighted by molar-refractivity contribution is 0.247. The molecule has 3 N–H and O–H groups in total. The predicted molar refractivity (Wildman–Crippen MR) is 117 cm³/mol. The molecule has 1 unspecified atom stereocenters. The molecule has 1 fully saturated rings. The van der Waals surface area contributed by atoms with Crippen LogP contribution in [0.25, 0.3) is 10.9 Å². The van der Waals surface area contributed by atoms with Gasteiger partial charge in [-0.05, 0) is 57.0 Å². The van der Waals surface area contributed by atoms with Crippen LogP contribution in [0.2, 0.25) is 0 Å². The summed E-state index contributed by atoms with van der Waals surface area (Å²) in [5.74, 6) is 0.606. The average Bonchev–Trinajstić information content (AvgIpc) is 3.39. The van der Waals surface area contributed by atoms with Gasteiger partial charge in [-0.3, -0.25) is 9.89 Å². The molecular formula is C19H29FIN5. The average molecular weight is 473 g/mol. The number of nitrogens with one attached hydrogen (secondary N) is 3. The molecule has 26 heavy (non-hydrogen) atoms. The van der Waals surface area contributed by atoms with Crippen molar-refractivity contribution in [2.45, 2.75) is 38.3 Å². The zero-order chi connectivity index (χ0) is 17.8. The lowest BCUT2D eigenvalue weighted by Gasteiger charge is -2.25. The number of H-pyrrole nitrogens is 1. The van der Waals surface area contributed by atoms with Crippen LogP contribution in [0, 0.1) is 5.82 Å². The number of nitrogens with zero attached hydrogens (tertiary/aromatic N) is 2. The molecule has 0 amide bonds. The zero-order valence-corrected chi connectivity index (χ0v) is 18.0. The first-order chi connectivity index (χ1) is 12.1. The Morgan fingerprint density at radius 3 is 2.85 bits per heavy atom. The Bertz CT molecular complexity index is 741. The molecule has 0 saturated heterocycles. The fraction of sp³-hybridized carbons (Fsp3) is 0.526. The van der Waals surface area contributed by atoms with E-state index in [0.29, 0.717) is 6.04 Å². The Balaban J connectivity index is 0.00000243. The van der Waals surface area contributed by atoms with Crippen molar-refractivity contribution in [3.05, 3.63) is 35.8 Å². The summed E-state index contributed by atoms with van der Waals surface area (Å²) in [4.78, 5) is 9.91. The lowest BCUT2D eigenvalue weighted by Crippen LogP contribution is -2.45. The highest BCUT2D eigenvalue weighted by Gasteiger charge is 2.28. The van der Waals surface area contributed by atoms with Crippen molar-refractivity contribution in [2.75, 3.05) is 27.2 Å². The smallest absolute Gasteiger partial charge is 0.191 e. The summed E-state index contributed by atoms with van der Waals surface area (Å²) in [5.41, 5.74) is 2.08. The summed E-state index contributed by atoms with van der Waals surface area (Å²) >= 11 is 0. The molecule has 1 saturated carbocycles. The molecule has 5 nitrogen and oxygen atoms in total. The molecule has 1 aliphatic rings. The highest BCUT2D eigenvalue weighted by molar-refractivity contribution is 14.0. The van der Waals surface area contributed by atoms with E-state index in [2.05, 4.69) is 39.5 Å². The number of aliphatic imine (C=N–C) groups is 1. The standard InChI is InChI=1S/C19H28FN5.HI/c1-13(25(3)16-5-6-16)11-24-19(21-2)22-9-8-14-12-23-18-7-4-15(20)10-17(14)18;/h4,7,10,12-13,16,23H,5-6,8-9,11H2,1-3H3,(H2,21,22,24);1H. The summed E-state index contributed by atoms with van der Waals surface area (Å²) in [6.07, 6.45) is 5.40. The van der Waals surface area contributed by atoms with Crippen LogP contribution in [0.15, 0.2) is 29.4 Å². The predicted octanol–water partition coefficient (Wildman–Crippen LogP) is 3.12. The van der Waals surface area contributed by atoms with Gasteiger partial charge in [0.25, 0.3) is 0 Å². The van der Waals surface area contributed by atoms with Crippen LogP contribution in [-0.2, 0) is 6.42 Å². The SMILES string of the molecule is CN=C(NCCc1c[nH]c2ccc(F)cc12)NCC(C)N(C)C1CC1.I. The summed E-state index contributed by atoms with van der Waals surface area (Å²) in [7, 11) is 3.97. The summed E-state index contributed by atoms with van der Waals surface area (Å²) in [6, 6.07) is 6.08. The van der Waals surface area contributed by atoms with Crippen LogP contribution < -0.4 is 10.6 Å². The zero-order valence-electron chi connectivity index (χ0n) is 15.7. The third-order valence-corrected chi connectivity index (χ3v) is 5.02. The van der Waals surface area contributed by atoms with Gasteiger partial charge >= 0.3 is 0 Å². The van der Waals surface area contributed by atoms with Crippen molar-refractivity contribution in [3.63, 3.8) is 0 Å². The summed E-state index contributed by atoms with van der Waals surface area (Å²) in [6.45, 7) is 3.85. The van der Waals surface area contributed by atoms with E-state index in [1.807, 2.05) is 6.20 Å². The molecule has 0 spiro atoms. The maximum absolute atomic E-state index is 13.4. The number of hydrogen-bond acceptors (Lipinski definition) is 2. The van der Waals surface area contributed by atoms with Gasteiger partial charge in [-0.15, -0.1) is 24.0 Å². The molecule has 0 bridgehead atoms. The van der Waals surface area contributed by atoms with E-state index in [-0.39, 0.29) is 29.8 Å². The monoisotopic (exact) mass is 473 g/mol. The first kappa shape index (κ1) is 21.0. The van der Waals surface area contributed by atoms with E-state index in [9.17, 15) is 4.39 Å². The van der Waals surface area contributed by atoms with Gasteiger partial charge in [0.15, 0.2) is 5.96 Å². The molecule has 0 aliphatic heterocycles. The van der Waals surface area contributed by atoms with E-state index in [1.54, 1.807) is 19.2 Å². The Morgan fingerprint density at radius 2 is 2.15 bits per heavy atom. The second-order valence-corrected chi connectivity index (χ2v) is 6.88. The van der Waals surface area contributed by atoms with Gasteiger partial charge in [0.2, 0.25) is 0 Å². The van der Waals surface area contributed by atoms with Gasteiger partial charge in [-0.1, -0.05) is 0 Å². The molecule has 3 rings (SSSR count). The Labute approximate surface area is 171 Å². The molecule has 1 aliphatic carbocycles. The van der Waals surface area contributed by atoms with Crippen molar-refractivity contribution in [3.8, 4) is 0 Å². The van der Waals surface area contributed by atoms with Crippen molar-refractivity contribution in [1.29, 1.82) is 0 Å². The van der Waals surface area contributed by atoms with Gasteiger partial charge in [0, 0.05) is 49.3 Å². The molecule has 1 heterocycles. The second-order valence-electron chi connectivity index (χ2n) is 6.88. The highest BCUT2D eigenvalue weighted by atomic mass is 127. The van der Waals surface area contributed by atoms with E-state index >= 15 is 0 Å². The van der Waals surface area contributed by atoms with Gasteiger partial charge in [-0.2, -0.15) is 0 Å². The van der Waals surface area contributed by atoms with E-state index in [0.717, 1.165) is 48.0 Å². The van der Waals surface area contributed by atoms with Gasteiger partial charge < -0.3 is 15.6 Å². The summed E-state index contributed by atoms with van der Waals surface area (Å²) < 4.78 is 13.4. The van der Waals surface area contributed by atoms with Crippen LogP contribution >= 0.6 is 24.0 Å². The van der Waals surface area contributed by atoms with Gasteiger partial charge in [0.05, 0.1) is 0 Å². The molecule has 0 radical (unpaired) electrons. The minimum Gasteiger partial charge on any atom is -0.361 e. The quantitative estimate of drug-likeness (QED) is 0.329. The number of rotatable bonds is 7. The largest absolute Gasteiger partial charge is 0.361 e. The van der Waals surface area contributed by atoms with Gasteiger partial charge in [-0.25, -0.2) is 4.39 Å². The lowest BCUT2D eigenvalue weighted by atomic mass is 10.1. The van der Waals surface area contributed by atoms with Crippen molar-refractivity contribution in [2.24, 2.45) is 4.99 Å². The number of hydrogen-bond donors (Lipinski definition) is 3. The number of fused-ring (bicyclic) bond motifs is 1. The van der Waals surface area contributed by atoms with Crippen molar-refractivity contribution >= 4 is 40.8 Å². The fourth-order valence-corrected chi connectivity index (χ4v) is 3.12. The Hall–Kier alpha value is -1.35. The molecular weight excluding hydrogens is 444 g/mol. The van der Waals surface area contributed by atoms with E-state index < -0.39 is 0 Å². The van der Waals surface area contributed by atoms with Crippen LogP contribution in [0.4, 0.5) is 4.39 Å². The van der Waals surface area contributed by atoms with Crippen molar-refractivity contribution in [1.82, 2.24) is 20.5 Å². The van der Waals surface area contributed by atoms with Crippen LogP contribution in [0.3, 0.4) is 0 Å². The number of guanidine groups is 1. The minimum atomic E-state index is -0.201. The molecule has 1 aromatic heterocycles. The third kappa shape index (κ3) is 5.33. The normalized spacial score (nSPS) is 15.8. The number of aromatic amines is 1. The molecule has 2 aromatic rings. The summed E-state index contributed by atoms with van der Waals surface area (Å²) in [5, 5.41) is 7.68. The maximum Gasteiger partial charge on any atom is 0.191 e. The number of halogens is 2. The van der Waals surface area contributed by atoms with E-state index in [4.69, 9.17) is 0 Å². The Kier molecular flexibility index (Phi) is 7.69. The van der Waals surface area contributed by atoms with Crippen LogP contribution in [0.5, 0.6) is 0 Å². The van der Waals surface area contributed by atoms with E-state index in [1.165, 1.54) is 18.9 Å². The second kappa shape index (κ2) is 9.55. The van der Waals surface area contributed by atoms with Crippen molar-refractivity contribution < 1.29 is 4.39 Å². The molecule has 7 heteroatoms. The molecule has 1 aromatic carbocycles. The van der Waals surface area contributed by atoms with Crippen LogP contribution in [-0.4, -0.2) is 55.1 Å². The topological polar surface area (TPSA) is 55.5 Å². The third-order valence-electron chi connectivity index (χ3n) is 5.02. The number of likely N-dealkylation sites (N-methyl/N-ethyl adjacent to an activating group) is 1. The first-order valence-corrected chi connectivity index (χ1v) is 9.00. The highest BCUT2D eigenvalue weighted by Crippen LogP contribution is 2.26. The van der Waals surface area contributed by atoms with Crippen LogP contribution in [0.1, 0.15) is 25.3 Å². The first-order valence-electron chi connectivity index (χ1n) is 9.00. The molecule has 144 valence electrons. The maximum atomic E-state index is 13.4. The number of benzene rings is 1. The fourth-order valence-electron chi connectivity index (χ4n) is 3.12.